The van der Waals surface area contributed by atoms with E-state index in [2.05, 4.69) is 10.2 Å². The van der Waals surface area contributed by atoms with Crippen LogP contribution in [0.25, 0.3) is 0 Å². The van der Waals surface area contributed by atoms with Crippen LogP contribution >= 0.6 is 23.4 Å². The van der Waals surface area contributed by atoms with E-state index in [1.165, 1.54) is 24.6 Å². The van der Waals surface area contributed by atoms with Crippen LogP contribution in [0.15, 0.2) is 52.0 Å². The molecule has 2 heterocycles. The largest absolute Gasteiger partial charge is 0.468 e. The van der Waals surface area contributed by atoms with Crippen LogP contribution in [0.4, 0.5) is 0 Å². The molecule has 2 atom stereocenters. The third-order valence-electron chi connectivity index (χ3n) is 4.42. The summed E-state index contributed by atoms with van der Waals surface area (Å²) < 4.78 is 5.60. The van der Waals surface area contributed by atoms with Crippen molar-refractivity contribution in [1.29, 1.82) is 0 Å². The van der Waals surface area contributed by atoms with Crippen molar-refractivity contribution >= 4 is 29.3 Å². The molecule has 1 N–H and O–H groups in total. The number of hydrogen-bond donors (Lipinski definition) is 1. The first kappa shape index (κ1) is 18.4. The van der Waals surface area contributed by atoms with Gasteiger partial charge in [-0.2, -0.15) is 0 Å². The van der Waals surface area contributed by atoms with E-state index in [-0.39, 0.29) is 17.2 Å². The number of carbonyl (C=O) groups excluding carboxylic acids is 1. The maximum absolute atomic E-state index is 12.5. The van der Waals surface area contributed by atoms with Crippen LogP contribution in [-0.4, -0.2) is 35.7 Å². The zero-order valence-electron chi connectivity index (χ0n) is 14.3. The van der Waals surface area contributed by atoms with Crippen LogP contribution in [0, 0.1) is 0 Å². The summed E-state index contributed by atoms with van der Waals surface area (Å²) in [5, 5.41) is 3.62. The smallest absolute Gasteiger partial charge is 0.233 e. The third-order valence-corrected chi connectivity index (χ3v) is 5.78. The molecule has 6 heteroatoms. The average Bonchev–Trinajstić information content (AvgIpc) is 3.31. The van der Waals surface area contributed by atoms with E-state index in [4.69, 9.17) is 16.0 Å². The molecule has 1 aromatic carbocycles. The first-order valence-electron chi connectivity index (χ1n) is 8.61. The number of benzene rings is 1. The van der Waals surface area contributed by atoms with Crippen molar-refractivity contribution in [3.63, 3.8) is 0 Å². The van der Waals surface area contributed by atoms with E-state index >= 15 is 0 Å². The molecule has 0 radical (unpaired) electrons. The molecule has 1 saturated heterocycles. The lowest BCUT2D eigenvalue weighted by Crippen LogP contribution is -2.39. The first-order valence-corrected chi connectivity index (χ1v) is 9.86. The van der Waals surface area contributed by atoms with E-state index < -0.39 is 0 Å². The van der Waals surface area contributed by atoms with Gasteiger partial charge in [0, 0.05) is 16.5 Å². The number of furan rings is 1. The number of carbonyl (C=O) groups is 1. The van der Waals surface area contributed by atoms with Crippen molar-refractivity contribution in [3.05, 3.63) is 53.4 Å². The van der Waals surface area contributed by atoms with Crippen LogP contribution in [0.1, 0.15) is 31.6 Å². The molecule has 4 nitrogen and oxygen atoms in total. The molecule has 134 valence electrons. The highest BCUT2D eigenvalue weighted by Crippen LogP contribution is 2.27. The first-order chi connectivity index (χ1) is 12.1. The quantitative estimate of drug-likeness (QED) is 0.727. The second kappa shape index (κ2) is 8.79. The number of hydrogen-bond acceptors (Lipinski definition) is 4. The number of halogens is 1. The van der Waals surface area contributed by atoms with Gasteiger partial charge in [0.05, 0.1) is 17.6 Å². The summed E-state index contributed by atoms with van der Waals surface area (Å²) in [7, 11) is 0. The summed E-state index contributed by atoms with van der Waals surface area (Å²) in [6, 6.07) is 11.6. The van der Waals surface area contributed by atoms with Gasteiger partial charge in [0.1, 0.15) is 5.76 Å². The van der Waals surface area contributed by atoms with E-state index in [9.17, 15) is 4.79 Å². The molecular formula is C19H23ClN2O2S. The van der Waals surface area contributed by atoms with Crippen LogP contribution < -0.4 is 5.32 Å². The average molecular weight is 379 g/mol. The van der Waals surface area contributed by atoms with Crippen LogP contribution in [0.3, 0.4) is 0 Å². The Morgan fingerprint density at radius 2 is 2.00 bits per heavy atom. The van der Waals surface area contributed by atoms with Gasteiger partial charge in [-0.1, -0.05) is 11.6 Å². The maximum atomic E-state index is 12.5. The Kier molecular flexibility index (Phi) is 6.45. The molecule has 3 rings (SSSR count). The molecule has 2 unspecified atom stereocenters. The van der Waals surface area contributed by atoms with Gasteiger partial charge in [-0.15, -0.1) is 11.8 Å². The van der Waals surface area contributed by atoms with Crippen molar-refractivity contribution < 1.29 is 9.21 Å². The van der Waals surface area contributed by atoms with Crippen molar-refractivity contribution in [1.82, 2.24) is 10.2 Å². The number of rotatable bonds is 7. The topological polar surface area (TPSA) is 45.5 Å². The number of amides is 1. The van der Waals surface area contributed by atoms with Crippen molar-refractivity contribution in [2.45, 2.75) is 36.0 Å². The molecule has 0 saturated carbocycles. The molecule has 1 fully saturated rings. The number of likely N-dealkylation sites (tertiary alicyclic amines) is 1. The Morgan fingerprint density at radius 3 is 2.64 bits per heavy atom. The second-order valence-electron chi connectivity index (χ2n) is 6.23. The van der Waals surface area contributed by atoms with Gasteiger partial charge in [0.15, 0.2) is 0 Å². The zero-order chi connectivity index (χ0) is 17.6. The van der Waals surface area contributed by atoms with Gasteiger partial charge in [0.2, 0.25) is 5.91 Å². The predicted octanol–water partition coefficient (Wildman–Crippen LogP) is 4.37. The Hall–Kier alpha value is -1.43. The molecule has 0 spiro atoms. The van der Waals surface area contributed by atoms with Gasteiger partial charge < -0.3 is 9.73 Å². The zero-order valence-corrected chi connectivity index (χ0v) is 15.9. The van der Waals surface area contributed by atoms with Crippen LogP contribution in [-0.2, 0) is 4.79 Å². The van der Waals surface area contributed by atoms with Gasteiger partial charge in [0.25, 0.3) is 0 Å². The number of thioether (sulfide) groups is 1. The van der Waals surface area contributed by atoms with E-state index in [1.807, 2.05) is 43.3 Å². The highest BCUT2D eigenvalue weighted by Gasteiger charge is 2.26. The monoisotopic (exact) mass is 378 g/mol. The van der Waals surface area contributed by atoms with E-state index in [0.29, 0.717) is 11.6 Å². The standard InChI is InChI=1S/C19H23ClN2O2S/c1-14(25-16-8-6-15(20)7-9-16)19(23)21-13-17(18-5-4-12-24-18)22-10-2-3-11-22/h4-9,12,14,17H,2-3,10-11,13H2,1H3,(H,21,23). The molecule has 1 amide bonds. The van der Waals surface area contributed by atoms with Gasteiger partial charge in [-0.25, -0.2) is 0 Å². The SMILES string of the molecule is CC(Sc1ccc(Cl)cc1)C(=O)NCC(c1ccco1)N1CCCC1. The summed E-state index contributed by atoms with van der Waals surface area (Å²) in [5.74, 6) is 0.955. The van der Waals surface area contributed by atoms with E-state index in [0.717, 1.165) is 23.7 Å². The van der Waals surface area contributed by atoms with Gasteiger partial charge >= 0.3 is 0 Å². The number of nitrogens with one attached hydrogen (secondary N) is 1. The highest BCUT2D eigenvalue weighted by molar-refractivity contribution is 8.00. The summed E-state index contributed by atoms with van der Waals surface area (Å²) in [6.45, 7) is 4.59. The summed E-state index contributed by atoms with van der Waals surface area (Å²) >= 11 is 7.44. The lowest BCUT2D eigenvalue weighted by molar-refractivity contribution is -0.120. The van der Waals surface area contributed by atoms with E-state index in [1.54, 1.807) is 6.26 Å². The Morgan fingerprint density at radius 1 is 1.28 bits per heavy atom. The molecule has 25 heavy (non-hydrogen) atoms. The van der Waals surface area contributed by atoms with Crippen LogP contribution in [0.2, 0.25) is 5.02 Å². The Bertz CT molecular complexity index is 669. The minimum atomic E-state index is -0.169. The molecule has 2 aromatic rings. The number of nitrogens with zero attached hydrogens (tertiary/aromatic N) is 1. The molecule has 1 aliphatic rings. The fourth-order valence-electron chi connectivity index (χ4n) is 3.06. The molecule has 1 aliphatic heterocycles. The van der Waals surface area contributed by atoms with Crippen molar-refractivity contribution in [2.24, 2.45) is 0 Å². The molecular weight excluding hydrogens is 356 g/mol. The molecule has 0 bridgehead atoms. The summed E-state index contributed by atoms with van der Waals surface area (Å²) in [5.41, 5.74) is 0. The van der Waals surface area contributed by atoms with Gasteiger partial charge in [-0.05, 0) is 69.3 Å². The molecule has 1 aromatic heterocycles. The maximum Gasteiger partial charge on any atom is 0.233 e. The summed E-state index contributed by atoms with van der Waals surface area (Å²) in [4.78, 5) is 15.9. The van der Waals surface area contributed by atoms with Crippen LogP contribution in [0.5, 0.6) is 0 Å². The Labute approximate surface area is 157 Å². The highest BCUT2D eigenvalue weighted by atomic mass is 35.5. The molecule has 0 aliphatic carbocycles. The lowest BCUT2D eigenvalue weighted by atomic mass is 10.2. The fourth-order valence-corrected chi connectivity index (χ4v) is 4.07. The minimum Gasteiger partial charge on any atom is -0.468 e. The lowest BCUT2D eigenvalue weighted by Gasteiger charge is -2.26. The predicted molar refractivity (Wildman–Crippen MR) is 102 cm³/mol. The minimum absolute atomic E-state index is 0.0377. The second-order valence-corrected chi connectivity index (χ2v) is 8.08. The fraction of sp³-hybridized carbons (Fsp3) is 0.421. The van der Waals surface area contributed by atoms with Crippen molar-refractivity contribution in [3.8, 4) is 0 Å². The van der Waals surface area contributed by atoms with Crippen molar-refractivity contribution in [2.75, 3.05) is 19.6 Å². The van der Waals surface area contributed by atoms with Gasteiger partial charge in [-0.3, -0.25) is 9.69 Å². The Balaban J connectivity index is 1.56. The normalized spacial score (nSPS) is 17.4. The third kappa shape index (κ3) is 5.03. The summed E-state index contributed by atoms with van der Waals surface area (Å²) in [6.07, 6.45) is 4.10.